The number of methoxy groups -OCH3 is 2. The molecule has 0 radical (unpaired) electrons. The van der Waals surface area contributed by atoms with E-state index in [4.69, 9.17) is 14.2 Å². The van der Waals surface area contributed by atoms with Crippen LogP contribution in [0.5, 0.6) is 17.2 Å². The van der Waals surface area contributed by atoms with Gasteiger partial charge in [-0.2, -0.15) is 0 Å². The van der Waals surface area contributed by atoms with E-state index in [1.54, 1.807) is 31.4 Å². The minimum absolute atomic E-state index is 0.206. The van der Waals surface area contributed by atoms with Crippen molar-refractivity contribution in [1.29, 1.82) is 0 Å². The summed E-state index contributed by atoms with van der Waals surface area (Å²) < 4.78 is 16.0. The molecule has 160 valence electrons. The molecule has 30 heavy (non-hydrogen) atoms. The number of aryl methyl sites for hydroxylation is 1. The molecule has 0 heterocycles. The SMILES string of the molecule is COc1ccc(/C=C/C(=O)NNC(=O)COc2cc(C)ccc2C(C)C)cc1OC. The Labute approximate surface area is 177 Å². The zero-order chi connectivity index (χ0) is 22.1. The summed E-state index contributed by atoms with van der Waals surface area (Å²) in [5, 5.41) is 0. The number of hydrogen-bond acceptors (Lipinski definition) is 5. The lowest BCUT2D eigenvalue weighted by Crippen LogP contribution is -2.43. The summed E-state index contributed by atoms with van der Waals surface area (Å²) in [5.74, 6) is 1.16. The second-order valence-electron chi connectivity index (χ2n) is 6.97. The van der Waals surface area contributed by atoms with Gasteiger partial charge in [0.1, 0.15) is 5.75 Å². The smallest absolute Gasteiger partial charge is 0.276 e. The van der Waals surface area contributed by atoms with Crippen LogP contribution in [0.1, 0.15) is 36.5 Å². The fraction of sp³-hybridized carbons (Fsp3) is 0.304. The highest BCUT2D eigenvalue weighted by Gasteiger charge is 2.10. The molecule has 0 spiro atoms. The number of ether oxygens (including phenoxy) is 3. The fourth-order valence-electron chi connectivity index (χ4n) is 2.72. The molecule has 0 unspecified atom stereocenters. The summed E-state index contributed by atoms with van der Waals surface area (Å²) in [7, 11) is 3.09. The maximum atomic E-state index is 12.0. The van der Waals surface area contributed by atoms with Crippen LogP contribution in [0.15, 0.2) is 42.5 Å². The van der Waals surface area contributed by atoms with E-state index in [1.165, 1.54) is 13.2 Å². The van der Waals surface area contributed by atoms with Crippen molar-refractivity contribution in [1.82, 2.24) is 10.9 Å². The Hall–Kier alpha value is -3.48. The first-order chi connectivity index (χ1) is 14.3. The maximum Gasteiger partial charge on any atom is 0.276 e. The number of rotatable bonds is 8. The van der Waals surface area contributed by atoms with Crippen molar-refractivity contribution in [3.8, 4) is 17.2 Å². The van der Waals surface area contributed by atoms with Gasteiger partial charge in [0.2, 0.25) is 0 Å². The quantitative estimate of drug-likeness (QED) is 0.513. The second-order valence-corrected chi connectivity index (χ2v) is 6.97. The van der Waals surface area contributed by atoms with E-state index in [9.17, 15) is 9.59 Å². The summed E-state index contributed by atoms with van der Waals surface area (Å²) in [6, 6.07) is 11.2. The number of hydrogen-bond donors (Lipinski definition) is 2. The third-order valence-electron chi connectivity index (χ3n) is 4.31. The fourth-order valence-corrected chi connectivity index (χ4v) is 2.72. The van der Waals surface area contributed by atoms with Crippen molar-refractivity contribution in [2.24, 2.45) is 0 Å². The molecule has 0 saturated carbocycles. The topological polar surface area (TPSA) is 85.9 Å². The Morgan fingerprint density at radius 3 is 2.37 bits per heavy atom. The number of nitrogens with one attached hydrogen (secondary N) is 2. The van der Waals surface area contributed by atoms with Crippen molar-refractivity contribution in [2.45, 2.75) is 26.7 Å². The van der Waals surface area contributed by atoms with Crippen LogP contribution in [0.25, 0.3) is 6.08 Å². The molecule has 0 aliphatic carbocycles. The molecule has 2 amide bonds. The summed E-state index contributed by atoms with van der Waals surface area (Å²) in [5.41, 5.74) is 7.48. The Bertz CT molecular complexity index is 922. The van der Waals surface area contributed by atoms with Crippen molar-refractivity contribution < 1.29 is 23.8 Å². The Balaban J connectivity index is 1.86. The Kier molecular flexibility index (Phi) is 8.29. The predicted molar refractivity (Wildman–Crippen MR) is 116 cm³/mol. The van der Waals surface area contributed by atoms with Gasteiger partial charge < -0.3 is 14.2 Å². The normalized spacial score (nSPS) is 10.7. The molecule has 0 aliphatic rings. The molecule has 2 N–H and O–H groups in total. The molecule has 7 heteroatoms. The standard InChI is InChI=1S/C23H28N2O5/c1-15(2)18-9-6-16(3)12-20(18)30-14-23(27)25-24-22(26)11-8-17-7-10-19(28-4)21(13-17)29-5/h6-13,15H,14H2,1-5H3,(H,24,26)(H,25,27)/b11-8+. The van der Waals surface area contributed by atoms with Crippen molar-refractivity contribution in [3.05, 3.63) is 59.2 Å². The summed E-state index contributed by atoms with van der Waals surface area (Å²) >= 11 is 0. The van der Waals surface area contributed by atoms with Gasteiger partial charge >= 0.3 is 0 Å². The Morgan fingerprint density at radius 1 is 0.967 bits per heavy atom. The van der Waals surface area contributed by atoms with E-state index in [1.807, 2.05) is 25.1 Å². The molecule has 0 bridgehead atoms. The van der Waals surface area contributed by atoms with Gasteiger partial charge in [0.25, 0.3) is 11.8 Å². The van der Waals surface area contributed by atoms with E-state index in [0.29, 0.717) is 17.2 Å². The molecule has 0 aromatic heterocycles. The van der Waals surface area contributed by atoms with Crippen LogP contribution in [0.2, 0.25) is 0 Å². The first-order valence-electron chi connectivity index (χ1n) is 9.56. The highest BCUT2D eigenvalue weighted by atomic mass is 16.5. The number of carbonyl (C=O) groups excluding carboxylic acids is 2. The third kappa shape index (κ3) is 6.55. The third-order valence-corrected chi connectivity index (χ3v) is 4.31. The molecule has 0 aliphatic heterocycles. The van der Waals surface area contributed by atoms with E-state index in [-0.39, 0.29) is 12.5 Å². The predicted octanol–water partition coefficient (Wildman–Crippen LogP) is 3.38. The van der Waals surface area contributed by atoms with Crippen LogP contribution >= 0.6 is 0 Å². The molecule has 0 saturated heterocycles. The van der Waals surface area contributed by atoms with Gasteiger partial charge in [-0.1, -0.05) is 32.0 Å². The average Bonchev–Trinajstić information content (AvgIpc) is 2.74. The molecule has 7 nitrogen and oxygen atoms in total. The molecular formula is C23H28N2O5. The lowest BCUT2D eigenvalue weighted by Gasteiger charge is -2.14. The zero-order valence-electron chi connectivity index (χ0n) is 17.9. The van der Waals surface area contributed by atoms with Gasteiger partial charge in [-0.25, -0.2) is 0 Å². The largest absolute Gasteiger partial charge is 0.493 e. The van der Waals surface area contributed by atoms with Crippen LogP contribution in [0, 0.1) is 6.92 Å². The van der Waals surface area contributed by atoms with Gasteiger partial charge in [-0.05, 0) is 53.8 Å². The number of amides is 2. The van der Waals surface area contributed by atoms with Crippen LogP contribution < -0.4 is 25.1 Å². The van der Waals surface area contributed by atoms with Gasteiger partial charge in [0, 0.05) is 6.08 Å². The van der Waals surface area contributed by atoms with Crippen LogP contribution in [-0.4, -0.2) is 32.6 Å². The minimum Gasteiger partial charge on any atom is -0.493 e. The van der Waals surface area contributed by atoms with Crippen molar-refractivity contribution >= 4 is 17.9 Å². The van der Waals surface area contributed by atoms with Gasteiger partial charge in [-0.3, -0.25) is 20.4 Å². The molecular weight excluding hydrogens is 384 g/mol. The first kappa shape index (κ1) is 22.8. The minimum atomic E-state index is -0.475. The van der Waals surface area contributed by atoms with Gasteiger partial charge in [-0.15, -0.1) is 0 Å². The van der Waals surface area contributed by atoms with Crippen molar-refractivity contribution in [3.63, 3.8) is 0 Å². The first-order valence-corrected chi connectivity index (χ1v) is 9.56. The van der Waals surface area contributed by atoms with Gasteiger partial charge in [0.05, 0.1) is 14.2 Å². The average molecular weight is 412 g/mol. The summed E-state index contributed by atoms with van der Waals surface area (Å²) in [4.78, 5) is 24.0. The van der Waals surface area contributed by atoms with Crippen LogP contribution in [-0.2, 0) is 9.59 Å². The highest BCUT2D eigenvalue weighted by Crippen LogP contribution is 2.28. The summed E-state index contributed by atoms with van der Waals surface area (Å²) in [6.45, 7) is 5.87. The Morgan fingerprint density at radius 2 is 1.70 bits per heavy atom. The number of carbonyl (C=O) groups is 2. The molecule has 0 atom stereocenters. The van der Waals surface area contributed by atoms with E-state index in [0.717, 1.165) is 16.7 Å². The van der Waals surface area contributed by atoms with Crippen molar-refractivity contribution in [2.75, 3.05) is 20.8 Å². The zero-order valence-corrected chi connectivity index (χ0v) is 17.9. The monoisotopic (exact) mass is 412 g/mol. The van der Waals surface area contributed by atoms with E-state index >= 15 is 0 Å². The lowest BCUT2D eigenvalue weighted by atomic mass is 10.0. The number of benzene rings is 2. The maximum absolute atomic E-state index is 12.0. The summed E-state index contributed by atoms with van der Waals surface area (Å²) in [6.07, 6.45) is 2.90. The number of hydrazine groups is 1. The molecule has 2 aromatic rings. The highest BCUT2D eigenvalue weighted by molar-refractivity contribution is 5.93. The molecule has 2 aromatic carbocycles. The van der Waals surface area contributed by atoms with Gasteiger partial charge in [0.15, 0.2) is 18.1 Å². The molecule has 0 fully saturated rings. The van der Waals surface area contributed by atoms with Crippen LogP contribution in [0.4, 0.5) is 0 Å². The van der Waals surface area contributed by atoms with E-state index in [2.05, 4.69) is 24.7 Å². The lowest BCUT2D eigenvalue weighted by molar-refractivity contribution is -0.128. The second kappa shape index (κ2) is 10.9. The van der Waals surface area contributed by atoms with Crippen LogP contribution in [0.3, 0.4) is 0 Å². The van der Waals surface area contributed by atoms with E-state index < -0.39 is 11.8 Å². The molecule has 2 rings (SSSR count).